The van der Waals surface area contributed by atoms with Crippen LogP contribution in [-0.4, -0.2) is 229 Å². The summed E-state index contributed by atoms with van der Waals surface area (Å²) >= 11 is 2.15. The second kappa shape index (κ2) is 32.5. The third-order valence-electron chi connectivity index (χ3n) is 11.2. The lowest BCUT2D eigenvalue weighted by Gasteiger charge is -2.35. The van der Waals surface area contributed by atoms with Crippen LogP contribution in [0.3, 0.4) is 0 Å². The standard InChI is InChI=1S/C43H67IN8O17/c44-30-9-7-29(8-10-30)25-52(16-4-2-5-31(40(63)64)46-43(69)47-32(41(65)66)11-14-36(55)56)35(54)6-1-3-15-45-34(53)13-12-33(42(67)68)51-23-21-49(27-38(59)60)19-17-48(26-37(57)58)18-20-50(22-24-51)28-39(61)62/h7-10,31-33,38,59-60H,1-6,11-28H2,(H,45,53)(H,55,56)(H,57,58)(H,61,62)(H,63,64)(H,65,66)(H,67,68)(H2,46,47,69)/t31-,32-,33?/m0/s1. The van der Waals surface area contributed by atoms with Crippen LogP contribution in [0.15, 0.2) is 24.3 Å². The molecule has 1 aliphatic heterocycles. The number of carbonyl (C=O) groups is 9. The van der Waals surface area contributed by atoms with Crippen molar-refractivity contribution in [2.75, 3.05) is 85.1 Å². The van der Waals surface area contributed by atoms with Crippen LogP contribution >= 0.6 is 22.6 Å². The molecule has 1 unspecified atom stereocenters. The van der Waals surface area contributed by atoms with Gasteiger partial charge in [0.25, 0.3) is 0 Å². The van der Waals surface area contributed by atoms with E-state index < -0.39 is 85.0 Å². The van der Waals surface area contributed by atoms with Crippen molar-refractivity contribution >= 4 is 76.3 Å². The zero-order valence-corrected chi connectivity index (χ0v) is 40.6. The highest BCUT2D eigenvalue weighted by molar-refractivity contribution is 14.1. The predicted molar refractivity (Wildman–Crippen MR) is 252 cm³/mol. The molecule has 0 saturated carbocycles. The van der Waals surface area contributed by atoms with E-state index in [-0.39, 0.29) is 130 Å². The maximum absolute atomic E-state index is 13.5. The van der Waals surface area contributed by atoms with Crippen molar-refractivity contribution in [2.24, 2.45) is 0 Å². The first kappa shape index (κ1) is 59.9. The molecule has 0 aromatic heterocycles. The summed E-state index contributed by atoms with van der Waals surface area (Å²) in [7, 11) is 0. The Kier molecular flexibility index (Phi) is 28.2. The lowest BCUT2D eigenvalue weighted by Crippen LogP contribution is -2.52. The van der Waals surface area contributed by atoms with E-state index in [1.807, 2.05) is 24.3 Å². The topological polar surface area (TPSA) is 368 Å². The number of carboxylic acids is 6. The third kappa shape index (κ3) is 26.3. The molecule has 1 saturated heterocycles. The Bertz CT molecular complexity index is 1840. The number of carboxylic acid groups (broad SMARTS) is 6. The smallest absolute Gasteiger partial charge is 0.326 e. The van der Waals surface area contributed by atoms with Crippen molar-refractivity contribution in [1.82, 2.24) is 40.4 Å². The zero-order valence-electron chi connectivity index (χ0n) is 38.5. The highest BCUT2D eigenvalue weighted by Gasteiger charge is 2.29. The van der Waals surface area contributed by atoms with Gasteiger partial charge in [-0.05, 0) is 85.2 Å². The quantitative estimate of drug-likeness (QED) is 0.0252. The number of aliphatic hydroxyl groups excluding tert-OH is 1. The molecule has 69 heavy (non-hydrogen) atoms. The van der Waals surface area contributed by atoms with Gasteiger partial charge in [0.15, 0.2) is 6.29 Å². The van der Waals surface area contributed by atoms with E-state index in [9.17, 15) is 78.9 Å². The second-order valence-electron chi connectivity index (χ2n) is 16.6. The highest BCUT2D eigenvalue weighted by atomic mass is 127. The van der Waals surface area contributed by atoms with Crippen LogP contribution in [-0.2, 0) is 44.9 Å². The fraction of sp³-hybridized carbons (Fsp3) is 0.651. The normalized spacial score (nSPS) is 15.9. The first-order valence-electron chi connectivity index (χ1n) is 22.6. The second-order valence-corrected chi connectivity index (χ2v) is 17.9. The van der Waals surface area contributed by atoms with Gasteiger partial charge < -0.3 is 61.7 Å². The van der Waals surface area contributed by atoms with E-state index in [0.717, 1.165) is 9.13 Å². The Morgan fingerprint density at radius 1 is 0.594 bits per heavy atom. The molecule has 26 heteroatoms. The minimum Gasteiger partial charge on any atom is -0.481 e. The van der Waals surface area contributed by atoms with E-state index in [1.54, 1.807) is 24.5 Å². The summed E-state index contributed by atoms with van der Waals surface area (Å²) in [5.74, 6) is -8.16. The van der Waals surface area contributed by atoms with Crippen LogP contribution in [0.5, 0.6) is 0 Å². The van der Waals surface area contributed by atoms with Gasteiger partial charge in [0.2, 0.25) is 11.8 Å². The summed E-state index contributed by atoms with van der Waals surface area (Å²) in [5, 5.41) is 83.5. The molecule has 388 valence electrons. The number of aliphatic hydroxyl groups is 2. The van der Waals surface area contributed by atoms with Crippen molar-refractivity contribution in [2.45, 2.75) is 95.2 Å². The summed E-state index contributed by atoms with van der Waals surface area (Å²) in [6.45, 7) is 1.08. The number of carbonyl (C=O) groups excluding carboxylic acids is 3. The van der Waals surface area contributed by atoms with Gasteiger partial charge in [-0.1, -0.05) is 12.1 Å². The molecule has 1 aromatic rings. The monoisotopic (exact) mass is 1090 g/mol. The van der Waals surface area contributed by atoms with Gasteiger partial charge >= 0.3 is 41.8 Å². The molecule has 1 heterocycles. The molecule has 1 aromatic carbocycles. The number of amides is 4. The lowest BCUT2D eigenvalue weighted by atomic mass is 10.1. The van der Waals surface area contributed by atoms with Gasteiger partial charge in [0, 0.05) is 101 Å². The summed E-state index contributed by atoms with van der Waals surface area (Å²) in [4.78, 5) is 117. The Labute approximate surface area is 412 Å². The molecule has 1 fully saturated rings. The van der Waals surface area contributed by atoms with E-state index in [0.29, 0.717) is 19.3 Å². The third-order valence-corrected chi connectivity index (χ3v) is 11.9. The molecule has 0 spiro atoms. The molecule has 1 aliphatic rings. The summed E-state index contributed by atoms with van der Waals surface area (Å²) in [6.07, 6.45) is -1.46. The molecule has 0 aliphatic carbocycles. The van der Waals surface area contributed by atoms with E-state index in [1.165, 1.54) is 0 Å². The van der Waals surface area contributed by atoms with Crippen molar-refractivity contribution in [3.63, 3.8) is 0 Å². The molecule has 2 rings (SSSR count). The van der Waals surface area contributed by atoms with Crippen LogP contribution < -0.4 is 16.0 Å². The van der Waals surface area contributed by atoms with E-state index in [2.05, 4.69) is 38.5 Å². The van der Waals surface area contributed by atoms with Crippen molar-refractivity contribution in [3.05, 3.63) is 33.4 Å². The molecular weight excluding hydrogens is 1030 g/mol. The average molecular weight is 1090 g/mol. The minimum atomic E-state index is -1.71. The summed E-state index contributed by atoms with van der Waals surface area (Å²) < 4.78 is 0.988. The number of rotatable bonds is 30. The van der Waals surface area contributed by atoms with Crippen molar-refractivity contribution < 1.29 is 84.0 Å². The van der Waals surface area contributed by atoms with Gasteiger partial charge in [-0.15, -0.1) is 0 Å². The predicted octanol–water partition coefficient (Wildman–Crippen LogP) is -0.918. The number of hydrogen-bond acceptors (Lipinski definition) is 15. The van der Waals surface area contributed by atoms with Crippen LogP contribution in [0.4, 0.5) is 4.79 Å². The Balaban J connectivity index is 1.98. The zero-order chi connectivity index (χ0) is 51.5. The number of unbranched alkanes of at least 4 members (excludes halogenated alkanes) is 2. The number of benzene rings is 1. The first-order valence-corrected chi connectivity index (χ1v) is 23.7. The molecule has 4 amide bonds. The van der Waals surface area contributed by atoms with Crippen molar-refractivity contribution in [3.8, 4) is 0 Å². The highest BCUT2D eigenvalue weighted by Crippen LogP contribution is 2.15. The number of aliphatic carboxylic acids is 6. The molecule has 11 N–H and O–H groups in total. The SMILES string of the molecule is O=C(O)CC[C@H](NC(=O)N[C@@H](CCCCN(Cc1ccc(I)cc1)C(=O)CCCCNC(=O)CCC(C(=O)O)N1CCN(CC(=O)O)CCN(CC(=O)O)CCN(CC(O)O)CC1)C(=O)O)C(=O)O. The van der Waals surface area contributed by atoms with E-state index in [4.69, 9.17) is 5.11 Å². The number of urea groups is 1. The molecule has 25 nitrogen and oxygen atoms in total. The molecular formula is C43H67IN8O17. The maximum Gasteiger partial charge on any atom is 0.326 e. The molecule has 0 bridgehead atoms. The number of hydrogen-bond donors (Lipinski definition) is 11. The first-order chi connectivity index (χ1) is 32.6. The largest absolute Gasteiger partial charge is 0.481 e. The van der Waals surface area contributed by atoms with Gasteiger partial charge in [-0.3, -0.25) is 48.4 Å². The number of halogens is 1. The minimum absolute atomic E-state index is 0.0533. The number of β-amino-alcohol motifs (C(OH)–C–C–N with tert-alkyl or cyclic N) is 2. The average Bonchev–Trinajstić information content (AvgIpc) is 3.25. The fourth-order valence-corrected chi connectivity index (χ4v) is 7.84. The molecule has 0 radical (unpaired) electrons. The van der Waals surface area contributed by atoms with Gasteiger partial charge in [0.05, 0.1) is 13.1 Å². The summed E-state index contributed by atoms with van der Waals surface area (Å²) in [6, 6.07) is 2.33. The number of nitrogens with zero attached hydrogens (tertiary/aromatic N) is 5. The van der Waals surface area contributed by atoms with Crippen LogP contribution in [0.2, 0.25) is 0 Å². The van der Waals surface area contributed by atoms with Crippen LogP contribution in [0.25, 0.3) is 0 Å². The summed E-state index contributed by atoms with van der Waals surface area (Å²) in [5.41, 5.74) is 0.851. The molecule has 3 atom stereocenters. The van der Waals surface area contributed by atoms with Gasteiger partial charge in [0.1, 0.15) is 18.1 Å². The van der Waals surface area contributed by atoms with Gasteiger partial charge in [-0.2, -0.15) is 0 Å². The maximum atomic E-state index is 13.5. The Hall–Kier alpha value is -5.26. The lowest BCUT2D eigenvalue weighted by molar-refractivity contribution is -0.145. The van der Waals surface area contributed by atoms with Crippen LogP contribution in [0, 0.1) is 3.57 Å². The van der Waals surface area contributed by atoms with E-state index >= 15 is 0 Å². The van der Waals surface area contributed by atoms with Crippen molar-refractivity contribution in [1.29, 1.82) is 0 Å². The number of nitrogens with one attached hydrogen (secondary N) is 3. The van der Waals surface area contributed by atoms with Gasteiger partial charge in [-0.25, -0.2) is 14.4 Å². The Morgan fingerprint density at radius 3 is 1.65 bits per heavy atom. The fourth-order valence-electron chi connectivity index (χ4n) is 7.48. The Morgan fingerprint density at radius 2 is 1.13 bits per heavy atom. The van der Waals surface area contributed by atoms with Crippen LogP contribution in [0.1, 0.15) is 69.8 Å².